The van der Waals surface area contributed by atoms with E-state index in [-0.39, 0.29) is 16.7 Å². The molecule has 0 atom stereocenters. The van der Waals surface area contributed by atoms with Gasteiger partial charge in [-0.05, 0) is 37.1 Å². The summed E-state index contributed by atoms with van der Waals surface area (Å²) in [4.78, 5) is 28.2. The molecule has 0 N–H and O–H groups in total. The molecule has 2 fully saturated rings. The van der Waals surface area contributed by atoms with Gasteiger partial charge in [0.1, 0.15) is 0 Å². The minimum atomic E-state index is -3.51. The number of carbonyl (C=O) groups excluding carboxylic acids is 2. The fraction of sp³-hybridized carbons (Fsp3) is 0.600. The number of nitrogens with zero attached hydrogens (tertiary/aromatic N) is 3. The zero-order chi connectivity index (χ0) is 20.1. The van der Waals surface area contributed by atoms with E-state index in [0.29, 0.717) is 51.3 Å². The molecule has 0 spiro atoms. The van der Waals surface area contributed by atoms with E-state index in [0.717, 1.165) is 25.7 Å². The van der Waals surface area contributed by atoms with Crippen LogP contribution in [0.25, 0.3) is 0 Å². The lowest BCUT2D eigenvalue weighted by atomic mass is 10.2. The Labute approximate surface area is 167 Å². The number of carbonyl (C=O) groups is 2. The average molecular weight is 408 g/mol. The highest BCUT2D eigenvalue weighted by molar-refractivity contribution is 7.89. The SMILES string of the molecule is CCC(=O)N1CCN(C(=O)c2ccc(S(=O)(=O)N3CCCCCC3)cc2)CC1. The number of hydrogen-bond donors (Lipinski definition) is 0. The van der Waals surface area contributed by atoms with Gasteiger partial charge in [0.15, 0.2) is 0 Å². The van der Waals surface area contributed by atoms with Crippen LogP contribution in [0, 0.1) is 0 Å². The van der Waals surface area contributed by atoms with Crippen molar-refractivity contribution in [3.63, 3.8) is 0 Å². The summed E-state index contributed by atoms with van der Waals surface area (Å²) < 4.78 is 27.2. The molecule has 0 aromatic heterocycles. The molecule has 1 aromatic carbocycles. The number of hydrogen-bond acceptors (Lipinski definition) is 4. The Balaban J connectivity index is 1.65. The van der Waals surface area contributed by atoms with Gasteiger partial charge in [0.2, 0.25) is 15.9 Å². The largest absolute Gasteiger partial charge is 0.339 e. The molecule has 7 nitrogen and oxygen atoms in total. The Kier molecular flexibility index (Phi) is 6.72. The molecule has 0 unspecified atom stereocenters. The summed E-state index contributed by atoms with van der Waals surface area (Å²) in [5.41, 5.74) is 0.477. The summed E-state index contributed by atoms with van der Waals surface area (Å²) in [6, 6.07) is 6.25. The van der Waals surface area contributed by atoms with Crippen LogP contribution in [0.1, 0.15) is 49.4 Å². The van der Waals surface area contributed by atoms with E-state index in [1.165, 1.54) is 12.1 Å². The van der Waals surface area contributed by atoms with E-state index < -0.39 is 10.0 Å². The lowest BCUT2D eigenvalue weighted by Gasteiger charge is -2.34. The average Bonchev–Trinajstić information content (AvgIpc) is 3.03. The van der Waals surface area contributed by atoms with Crippen LogP contribution < -0.4 is 0 Å². The van der Waals surface area contributed by atoms with E-state index in [2.05, 4.69) is 0 Å². The number of amides is 2. The van der Waals surface area contributed by atoms with Crippen molar-refractivity contribution < 1.29 is 18.0 Å². The molecular weight excluding hydrogens is 378 g/mol. The van der Waals surface area contributed by atoms with Crippen LogP contribution in [0.5, 0.6) is 0 Å². The predicted molar refractivity (Wildman–Crippen MR) is 106 cm³/mol. The van der Waals surface area contributed by atoms with Crippen LogP contribution in [0.4, 0.5) is 0 Å². The summed E-state index contributed by atoms with van der Waals surface area (Å²) in [7, 11) is -3.51. The van der Waals surface area contributed by atoms with Gasteiger partial charge in [-0.15, -0.1) is 0 Å². The molecular formula is C20H29N3O4S. The Morgan fingerprint density at radius 2 is 1.36 bits per heavy atom. The van der Waals surface area contributed by atoms with Gasteiger partial charge >= 0.3 is 0 Å². The quantitative estimate of drug-likeness (QED) is 0.764. The van der Waals surface area contributed by atoms with Crippen molar-refractivity contribution in [1.29, 1.82) is 0 Å². The highest BCUT2D eigenvalue weighted by atomic mass is 32.2. The van der Waals surface area contributed by atoms with Crippen molar-refractivity contribution >= 4 is 21.8 Å². The van der Waals surface area contributed by atoms with Gasteiger partial charge in [0, 0.05) is 51.3 Å². The molecule has 8 heteroatoms. The summed E-state index contributed by atoms with van der Waals surface area (Å²) in [6.07, 6.45) is 4.39. The summed E-state index contributed by atoms with van der Waals surface area (Å²) in [5.74, 6) is -0.0162. The van der Waals surface area contributed by atoms with Gasteiger partial charge in [0.25, 0.3) is 5.91 Å². The molecule has 1 aromatic rings. The van der Waals surface area contributed by atoms with Gasteiger partial charge in [-0.25, -0.2) is 8.42 Å². The Hall–Kier alpha value is -1.93. The highest BCUT2D eigenvalue weighted by Gasteiger charge is 2.27. The van der Waals surface area contributed by atoms with Crippen molar-refractivity contribution in [3.8, 4) is 0 Å². The first-order valence-corrected chi connectivity index (χ1v) is 11.5. The molecule has 154 valence electrons. The summed E-state index contributed by atoms with van der Waals surface area (Å²) in [6.45, 7) is 5.03. The number of sulfonamides is 1. The van der Waals surface area contributed by atoms with Crippen molar-refractivity contribution in [2.24, 2.45) is 0 Å². The highest BCUT2D eigenvalue weighted by Crippen LogP contribution is 2.21. The molecule has 2 amide bonds. The lowest BCUT2D eigenvalue weighted by Crippen LogP contribution is -2.50. The van der Waals surface area contributed by atoms with Crippen molar-refractivity contribution in [2.45, 2.75) is 43.9 Å². The molecule has 0 saturated carbocycles. The first-order valence-electron chi connectivity index (χ1n) is 10.1. The number of piperazine rings is 1. The second-order valence-electron chi connectivity index (χ2n) is 7.37. The maximum absolute atomic E-state index is 12.8. The third-order valence-electron chi connectivity index (χ3n) is 5.53. The fourth-order valence-electron chi connectivity index (χ4n) is 3.77. The van der Waals surface area contributed by atoms with Gasteiger partial charge in [0.05, 0.1) is 4.90 Å². The van der Waals surface area contributed by atoms with Gasteiger partial charge in [-0.3, -0.25) is 9.59 Å². The standard InChI is InChI=1S/C20H29N3O4S/c1-2-19(24)21-13-15-22(16-14-21)20(25)17-7-9-18(10-8-17)28(26,27)23-11-5-3-4-6-12-23/h7-10H,2-6,11-16H2,1H3. The lowest BCUT2D eigenvalue weighted by molar-refractivity contribution is -0.132. The molecule has 3 rings (SSSR count). The zero-order valence-corrected chi connectivity index (χ0v) is 17.3. The summed E-state index contributed by atoms with van der Waals surface area (Å²) >= 11 is 0. The van der Waals surface area contributed by atoms with Crippen LogP contribution >= 0.6 is 0 Å². The first kappa shape index (κ1) is 20.8. The third kappa shape index (κ3) is 4.55. The molecule has 0 bridgehead atoms. The normalized spacial score (nSPS) is 19.3. The molecule has 2 aliphatic heterocycles. The van der Waals surface area contributed by atoms with Gasteiger partial charge < -0.3 is 9.80 Å². The minimum absolute atomic E-state index is 0.107. The fourth-order valence-corrected chi connectivity index (χ4v) is 5.28. The third-order valence-corrected chi connectivity index (χ3v) is 7.44. The Morgan fingerprint density at radius 1 is 0.821 bits per heavy atom. The molecule has 0 radical (unpaired) electrons. The van der Waals surface area contributed by atoms with E-state index in [1.807, 2.05) is 6.92 Å². The smallest absolute Gasteiger partial charge is 0.253 e. The van der Waals surface area contributed by atoms with Crippen molar-refractivity contribution in [3.05, 3.63) is 29.8 Å². The second kappa shape index (κ2) is 9.05. The molecule has 0 aliphatic carbocycles. The van der Waals surface area contributed by atoms with Crippen molar-refractivity contribution in [1.82, 2.24) is 14.1 Å². The van der Waals surface area contributed by atoms with E-state index >= 15 is 0 Å². The van der Waals surface area contributed by atoms with E-state index in [4.69, 9.17) is 0 Å². The van der Waals surface area contributed by atoms with Crippen LogP contribution in [0.15, 0.2) is 29.2 Å². The maximum atomic E-state index is 12.8. The Bertz CT molecular complexity index is 791. The first-order chi connectivity index (χ1) is 13.4. The molecule has 2 aliphatic rings. The topological polar surface area (TPSA) is 78.0 Å². The van der Waals surface area contributed by atoms with E-state index in [1.54, 1.807) is 26.2 Å². The monoisotopic (exact) mass is 407 g/mol. The van der Waals surface area contributed by atoms with Crippen LogP contribution in [-0.4, -0.2) is 73.6 Å². The predicted octanol–water partition coefficient (Wildman–Crippen LogP) is 1.95. The molecule has 28 heavy (non-hydrogen) atoms. The van der Waals surface area contributed by atoms with E-state index in [9.17, 15) is 18.0 Å². The Morgan fingerprint density at radius 3 is 1.89 bits per heavy atom. The maximum Gasteiger partial charge on any atom is 0.253 e. The molecule has 2 heterocycles. The zero-order valence-electron chi connectivity index (χ0n) is 16.5. The second-order valence-corrected chi connectivity index (χ2v) is 9.31. The number of rotatable bonds is 4. The van der Waals surface area contributed by atoms with Gasteiger partial charge in [-0.1, -0.05) is 19.8 Å². The van der Waals surface area contributed by atoms with Crippen molar-refractivity contribution in [2.75, 3.05) is 39.3 Å². The summed E-state index contributed by atoms with van der Waals surface area (Å²) in [5, 5.41) is 0. The van der Waals surface area contributed by atoms with Gasteiger partial charge in [-0.2, -0.15) is 4.31 Å². The number of benzene rings is 1. The minimum Gasteiger partial charge on any atom is -0.339 e. The molecule has 2 saturated heterocycles. The van der Waals surface area contributed by atoms with Crippen LogP contribution in [-0.2, 0) is 14.8 Å². The van der Waals surface area contributed by atoms with Crippen LogP contribution in [0.3, 0.4) is 0 Å². The van der Waals surface area contributed by atoms with Crippen LogP contribution in [0.2, 0.25) is 0 Å².